The van der Waals surface area contributed by atoms with E-state index in [4.69, 9.17) is 5.11 Å². The van der Waals surface area contributed by atoms with Crippen LogP contribution in [0.15, 0.2) is 0 Å². The molecule has 0 saturated heterocycles. The maximum Gasteiger partial charge on any atom is 0.322 e. The Morgan fingerprint density at radius 3 is 2.56 bits per heavy atom. The number of carbonyl (C=O) groups is 1. The number of rotatable bonds is 5. The number of nitrogens with one attached hydrogen (secondary N) is 1. The van der Waals surface area contributed by atoms with E-state index in [1.807, 2.05) is 13.8 Å². The lowest BCUT2D eigenvalue weighted by atomic mass is 10.1. The highest BCUT2D eigenvalue weighted by Gasteiger charge is 2.18. The average Bonchev–Trinajstić information content (AvgIpc) is 2.49. The fourth-order valence-corrected chi connectivity index (χ4v) is 1.89. The van der Waals surface area contributed by atoms with Crippen LogP contribution < -0.4 is 5.32 Å². The first-order valence-electron chi connectivity index (χ1n) is 5.44. The Bertz CT molecular complexity index is 385. The number of nitrogens with zero attached hydrogens (tertiary/aromatic N) is 2. The van der Waals surface area contributed by atoms with E-state index in [9.17, 15) is 4.79 Å². The van der Waals surface area contributed by atoms with Crippen LogP contribution in [0.5, 0.6) is 0 Å². The molecular formula is C11H19N3O2. The molecule has 0 bridgehead atoms. The highest BCUT2D eigenvalue weighted by molar-refractivity contribution is 5.73. The van der Waals surface area contributed by atoms with E-state index in [-0.39, 0.29) is 0 Å². The summed E-state index contributed by atoms with van der Waals surface area (Å²) < 4.78 is 1.77. The zero-order valence-electron chi connectivity index (χ0n) is 10.2. The van der Waals surface area contributed by atoms with E-state index < -0.39 is 12.0 Å². The van der Waals surface area contributed by atoms with E-state index in [2.05, 4.69) is 17.3 Å². The minimum atomic E-state index is -0.854. The predicted molar refractivity (Wildman–Crippen MR) is 61.6 cm³/mol. The van der Waals surface area contributed by atoms with E-state index in [0.29, 0.717) is 6.54 Å². The van der Waals surface area contributed by atoms with Crippen LogP contribution in [0.3, 0.4) is 0 Å². The molecule has 16 heavy (non-hydrogen) atoms. The highest BCUT2D eigenvalue weighted by Crippen LogP contribution is 2.13. The molecule has 5 nitrogen and oxygen atoms in total. The average molecular weight is 225 g/mol. The highest BCUT2D eigenvalue weighted by atomic mass is 16.4. The summed E-state index contributed by atoms with van der Waals surface area (Å²) in [7, 11) is 1.64. The smallest absolute Gasteiger partial charge is 0.322 e. The van der Waals surface area contributed by atoms with Crippen LogP contribution in [-0.2, 0) is 17.8 Å². The van der Waals surface area contributed by atoms with E-state index in [1.54, 1.807) is 11.7 Å². The molecule has 0 saturated carbocycles. The Morgan fingerprint density at radius 2 is 2.19 bits per heavy atom. The van der Waals surface area contributed by atoms with Crippen LogP contribution in [0.1, 0.15) is 23.9 Å². The zero-order valence-corrected chi connectivity index (χ0v) is 10.2. The number of aromatic nitrogens is 2. The van der Waals surface area contributed by atoms with Crippen molar-refractivity contribution < 1.29 is 9.90 Å². The first-order valence-corrected chi connectivity index (χ1v) is 5.44. The van der Waals surface area contributed by atoms with Crippen LogP contribution >= 0.6 is 0 Å². The standard InChI is InChI=1S/C11H19N3O2/c1-5-9-7(2)13-14(8(9)3)6-10(12-4)11(15)16/h10,12H,5-6H2,1-4H3,(H,15,16). The molecule has 1 heterocycles. The van der Waals surface area contributed by atoms with E-state index >= 15 is 0 Å². The third-order valence-electron chi connectivity index (χ3n) is 2.89. The molecule has 0 fully saturated rings. The zero-order chi connectivity index (χ0) is 12.3. The molecule has 2 N–H and O–H groups in total. The lowest BCUT2D eigenvalue weighted by molar-refractivity contribution is -0.139. The largest absolute Gasteiger partial charge is 0.480 e. The van der Waals surface area contributed by atoms with Crippen LogP contribution in [0.4, 0.5) is 0 Å². The summed E-state index contributed by atoms with van der Waals surface area (Å²) in [4.78, 5) is 10.9. The number of aryl methyl sites for hydroxylation is 1. The number of hydrogen-bond acceptors (Lipinski definition) is 3. The van der Waals surface area contributed by atoms with Gasteiger partial charge in [0.1, 0.15) is 6.04 Å². The quantitative estimate of drug-likeness (QED) is 0.775. The molecule has 1 unspecified atom stereocenters. The number of aliphatic carboxylic acids is 1. The van der Waals surface area contributed by atoms with Gasteiger partial charge in [-0.25, -0.2) is 0 Å². The second-order valence-electron chi connectivity index (χ2n) is 3.86. The molecule has 0 amide bonds. The van der Waals surface area contributed by atoms with Crippen LogP contribution in [0.25, 0.3) is 0 Å². The van der Waals surface area contributed by atoms with Gasteiger partial charge in [0.05, 0.1) is 12.2 Å². The van der Waals surface area contributed by atoms with Gasteiger partial charge in [-0.1, -0.05) is 6.92 Å². The van der Waals surface area contributed by atoms with Crippen molar-refractivity contribution in [3.05, 3.63) is 17.0 Å². The van der Waals surface area contributed by atoms with E-state index in [0.717, 1.165) is 17.8 Å². The Kier molecular flexibility index (Phi) is 4.06. The molecule has 0 radical (unpaired) electrons. The first kappa shape index (κ1) is 12.7. The summed E-state index contributed by atoms with van der Waals surface area (Å²) in [6, 6.07) is -0.595. The van der Waals surface area contributed by atoms with Crippen molar-refractivity contribution in [2.24, 2.45) is 0 Å². The van der Waals surface area contributed by atoms with Gasteiger partial charge >= 0.3 is 5.97 Å². The number of carboxylic acid groups (broad SMARTS) is 1. The third-order valence-corrected chi connectivity index (χ3v) is 2.89. The van der Waals surface area contributed by atoms with Gasteiger partial charge in [0, 0.05) is 5.69 Å². The first-order chi connectivity index (χ1) is 7.51. The molecule has 0 aliphatic heterocycles. The molecule has 1 aromatic heterocycles. The maximum atomic E-state index is 10.9. The molecule has 5 heteroatoms. The maximum absolute atomic E-state index is 10.9. The Balaban J connectivity index is 2.93. The van der Waals surface area contributed by atoms with Gasteiger partial charge in [0.2, 0.25) is 0 Å². The fraction of sp³-hybridized carbons (Fsp3) is 0.636. The van der Waals surface area contributed by atoms with Gasteiger partial charge in [-0.2, -0.15) is 5.10 Å². The van der Waals surface area contributed by atoms with Gasteiger partial charge in [-0.05, 0) is 32.9 Å². The van der Waals surface area contributed by atoms with Crippen LogP contribution in [0.2, 0.25) is 0 Å². The number of hydrogen-bond donors (Lipinski definition) is 2. The Hall–Kier alpha value is -1.36. The summed E-state index contributed by atoms with van der Waals surface area (Å²) in [6.45, 7) is 6.37. The predicted octanol–water partition coefficient (Wildman–Crippen LogP) is 0.735. The lowest BCUT2D eigenvalue weighted by Gasteiger charge is -2.12. The minimum absolute atomic E-state index is 0.360. The van der Waals surface area contributed by atoms with Crippen molar-refractivity contribution >= 4 is 5.97 Å². The van der Waals surface area contributed by atoms with Crippen molar-refractivity contribution in [2.75, 3.05) is 7.05 Å². The second-order valence-corrected chi connectivity index (χ2v) is 3.86. The summed E-state index contributed by atoms with van der Waals surface area (Å²) in [5, 5.41) is 16.1. The molecular weight excluding hydrogens is 206 g/mol. The molecule has 1 atom stereocenters. The summed E-state index contributed by atoms with van der Waals surface area (Å²) >= 11 is 0. The van der Waals surface area contributed by atoms with Crippen molar-refractivity contribution in [3.63, 3.8) is 0 Å². The normalized spacial score (nSPS) is 12.8. The number of carboxylic acids is 1. The molecule has 1 aromatic rings. The second kappa shape index (κ2) is 5.12. The van der Waals surface area contributed by atoms with Crippen LogP contribution in [0, 0.1) is 13.8 Å². The van der Waals surface area contributed by atoms with Crippen molar-refractivity contribution in [3.8, 4) is 0 Å². The van der Waals surface area contributed by atoms with Gasteiger partial charge in [-0.15, -0.1) is 0 Å². The third kappa shape index (κ3) is 2.41. The van der Waals surface area contributed by atoms with Crippen molar-refractivity contribution in [1.29, 1.82) is 0 Å². The summed E-state index contributed by atoms with van der Waals surface area (Å²) in [6.07, 6.45) is 0.926. The molecule has 0 aromatic carbocycles. The molecule has 1 rings (SSSR count). The number of likely N-dealkylation sites (N-methyl/N-ethyl adjacent to an activating group) is 1. The van der Waals surface area contributed by atoms with Crippen molar-refractivity contribution in [2.45, 2.75) is 39.8 Å². The van der Waals surface area contributed by atoms with Gasteiger partial charge < -0.3 is 10.4 Å². The van der Waals surface area contributed by atoms with Gasteiger partial charge in [-0.3, -0.25) is 9.48 Å². The molecule has 0 aliphatic rings. The van der Waals surface area contributed by atoms with Crippen molar-refractivity contribution in [1.82, 2.24) is 15.1 Å². The Morgan fingerprint density at radius 1 is 1.56 bits per heavy atom. The lowest BCUT2D eigenvalue weighted by Crippen LogP contribution is -2.38. The minimum Gasteiger partial charge on any atom is -0.480 e. The monoisotopic (exact) mass is 225 g/mol. The molecule has 90 valence electrons. The Labute approximate surface area is 95.5 Å². The van der Waals surface area contributed by atoms with Gasteiger partial charge in [0.15, 0.2) is 0 Å². The summed E-state index contributed by atoms with van der Waals surface area (Å²) in [5.74, 6) is -0.854. The van der Waals surface area contributed by atoms with Crippen LogP contribution in [-0.4, -0.2) is 33.9 Å². The van der Waals surface area contributed by atoms with E-state index in [1.165, 1.54) is 5.56 Å². The molecule has 0 spiro atoms. The SMILES string of the molecule is CCc1c(C)nn(CC(NC)C(=O)O)c1C. The molecule has 0 aliphatic carbocycles. The topological polar surface area (TPSA) is 67.2 Å². The fourth-order valence-electron chi connectivity index (χ4n) is 1.89. The van der Waals surface area contributed by atoms with Gasteiger partial charge in [0.25, 0.3) is 0 Å². The summed E-state index contributed by atoms with van der Waals surface area (Å²) in [5.41, 5.74) is 3.25.